The molecule has 0 amide bonds. The number of guanidine groups is 1. The molecule has 1 saturated carbocycles. The molecule has 0 aromatic carbocycles. The molecule has 2 aromatic rings. The second kappa shape index (κ2) is 9.23. The first-order valence-electron chi connectivity index (χ1n) is 10.5. The maximum absolute atomic E-state index is 5.33. The lowest BCUT2D eigenvalue weighted by atomic mass is 10.1. The van der Waals surface area contributed by atoms with Gasteiger partial charge in [-0.1, -0.05) is 12.8 Å². The zero-order valence-electron chi connectivity index (χ0n) is 16.7. The van der Waals surface area contributed by atoms with E-state index in [1.807, 2.05) is 12.1 Å². The second-order valence-electron chi connectivity index (χ2n) is 7.82. The van der Waals surface area contributed by atoms with Crippen molar-refractivity contribution in [1.29, 1.82) is 0 Å². The SMILES string of the molecule is CCNC(=NCc1nc(-c2ccco2)n[nH]1)NC1CCN(CC2CCCC2)C1. The molecule has 4 rings (SSSR count). The minimum absolute atomic E-state index is 0.446. The maximum atomic E-state index is 5.33. The second-order valence-corrected chi connectivity index (χ2v) is 7.82. The van der Waals surface area contributed by atoms with Gasteiger partial charge >= 0.3 is 0 Å². The molecule has 0 radical (unpaired) electrons. The number of hydrogen-bond acceptors (Lipinski definition) is 5. The quantitative estimate of drug-likeness (QED) is 0.500. The van der Waals surface area contributed by atoms with Crippen LogP contribution in [-0.2, 0) is 6.54 Å². The minimum atomic E-state index is 0.446. The third-order valence-electron chi connectivity index (χ3n) is 5.61. The van der Waals surface area contributed by atoms with Crippen LogP contribution in [0.1, 0.15) is 44.9 Å². The van der Waals surface area contributed by atoms with Gasteiger partial charge in [-0.3, -0.25) is 5.10 Å². The molecule has 3 heterocycles. The third-order valence-corrected chi connectivity index (χ3v) is 5.61. The molecule has 1 aliphatic heterocycles. The van der Waals surface area contributed by atoms with E-state index in [0.717, 1.165) is 30.8 Å². The van der Waals surface area contributed by atoms with E-state index in [-0.39, 0.29) is 0 Å². The highest BCUT2D eigenvalue weighted by Crippen LogP contribution is 2.26. The Hall–Kier alpha value is -2.35. The van der Waals surface area contributed by atoms with Gasteiger partial charge in [0.15, 0.2) is 11.7 Å². The van der Waals surface area contributed by atoms with E-state index in [1.54, 1.807) is 6.26 Å². The number of nitrogens with one attached hydrogen (secondary N) is 3. The number of nitrogens with zero attached hydrogens (tertiary/aromatic N) is 4. The Morgan fingerprint density at radius 1 is 1.36 bits per heavy atom. The molecule has 0 spiro atoms. The van der Waals surface area contributed by atoms with Crippen molar-refractivity contribution in [1.82, 2.24) is 30.7 Å². The lowest BCUT2D eigenvalue weighted by Gasteiger charge is -2.21. The average molecular weight is 386 g/mol. The zero-order valence-corrected chi connectivity index (χ0v) is 16.7. The Morgan fingerprint density at radius 2 is 2.25 bits per heavy atom. The van der Waals surface area contributed by atoms with Crippen molar-refractivity contribution in [3.63, 3.8) is 0 Å². The number of hydrogen-bond donors (Lipinski definition) is 3. The van der Waals surface area contributed by atoms with Gasteiger partial charge in [0.05, 0.1) is 6.26 Å². The first kappa shape index (κ1) is 19.0. The Balaban J connectivity index is 1.30. The summed E-state index contributed by atoms with van der Waals surface area (Å²) in [7, 11) is 0. The van der Waals surface area contributed by atoms with Crippen LogP contribution in [0.15, 0.2) is 27.8 Å². The van der Waals surface area contributed by atoms with E-state index in [9.17, 15) is 0 Å². The normalized spacial score (nSPS) is 21.5. The van der Waals surface area contributed by atoms with Gasteiger partial charge in [-0.05, 0) is 44.2 Å². The number of aliphatic imine (C=N–C) groups is 1. The third kappa shape index (κ3) is 4.92. The monoisotopic (exact) mass is 385 g/mol. The molecule has 2 aromatic heterocycles. The van der Waals surface area contributed by atoms with Crippen molar-refractivity contribution in [2.75, 3.05) is 26.2 Å². The summed E-state index contributed by atoms with van der Waals surface area (Å²) in [5, 5.41) is 14.1. The van der Waals surface area contributed by atoms with Crippen LogP contribution < -0.4 is 10.6 Å². The predicted molar refractivity (Wildman–Crippen MR) is 109 cm³/mol. The van der Waals surface area contributed by atoms with Crippen molar-refractivity contribution >= 4 is 5.96 Å². The lowest BCUT2D eigenvalue weighted by Crippen LogP contribution is -2.44. The molecular weight excluding hydrogens is 354 g/mol. The van der Waals surface area contributed by atoms with Gasteiger partial charge in [-0.25, -0.2) is 9.98 Å². The fraction of sp³-hybridized carbons (Fsp3) is 0.650. The standard InChI is InChI=1S/C20H31N7O/c1-2-21-20(22-12-18-24-19(26-25-18)17-8-5-11-28-17)23-16-9-10-27(14-16)13-15-6-3-4-7-15/h5,8,11,15-16H,2-4,6-7,9-10,12-14H2,1H3,(H2,21,22,23)(H,24,25,26). The van der Waals surface area contributed by atoms with Crippen LogP contribution in [0.3, 0.4) is 0 Å². The summed E-state index contributed by atoms with van der Waals surface area (Å²) in [6.45, 7) is 6.91. The van der Waals surface area contributed by atoms with Crippen LogP contribution in [0.5, 0.6) is 0 Å². The summed E-state index contributed by atoms with van der Waals surface area (Å²) in [6.07, 6.45) is 8.45. The average Bonchev–Trinajstić information content (AvgIpc) is 3.47. The number of aromatic amines is 1. The molecule has 1 unspecified atom stereocenters. The lowest BCUT2D eigenvalue weighted by molar-refractivity contribution is 0.275. The molecule has 0 bridgehead atoms. The first-order chi connectivity index (χ1) is 13.8. The zero-order chi connectivity index (χ0) is 19.2. The fourth-order valence-electron chi connectivity index (χ4n) is 4.22. The number of rotatable bonds is 7. The van der Waals surface area contributed by atoms with Gasteiger partial charge in [0, 0.05) is 32.2 Å². The highest BCUT2D eigenvalue weighted by molar-refractivity contribution is 5.80. The Labute approximate surface area is 166 Å². The van der Waals surface area contributed by atoms with Gasteiger partial charge in [0.2, 0.25) is 5.82 Å². The summed E-state index contributed by atoms with van der Waals surface area (Å²) in [6, 6.07) is 4.13. The molecular formula is C20H31N7O. The van der Waals surface area contributed by atoms with Crippen molar-refractivity contribution in [2.45, 2.75) is 51.6 Å². The van der Waals surface area contributed by atoms with Crippen molar-refractivity contribution in [3.05, 3.63) is 24.2 Å². The predicted octanol–water partition coefficient (Wildman–Crippen LogP) is 2.38. The number of furan rings is 1. The van der Waals surface area contributed by atoms with Gasteiger partial charge in [0.25, 0.3) is 0 Å². The summed E-state index contributed by atoms with van der Waals surface area (Å²) in [4.78, 5) is 11.8. The number of likely N-dealkylation sites (tertiary alicyclic amines) is 1. The van der Waals surface area contributed by atoms with Gasteiger partial charge < -0.3 is 20.0 Å². The fourth-order valence-corrected chi connectivity index (χ4v) is 4.22. The Kier molecular flexibility index (Phi) is 6.26. The largest absolute Gasteiger partial charge is 0.461 e. The molecule has 8 nitrogen and oxygen atoms in total. The van der Waals surface area contributed by atoms with Gasteiger partial charge in [-0.2, -0.15) is 0 Å². The molecule has 152 valence electrons. The molecule has 3 N–H and O–H groups in total. The summed E-state index contributed by atoms with van der Waals surface area (Å²) < 4.78 is 5.33. The summed E-state index contributed by atoms with van der Waals surface area (Å²) >= 11 is 0. The van der Waals surface area contributed by atoms with Crippen LogP contribution in [0.25, 0.3) is 11.6 Å². The minimum Gasteiger partial charge on any atom is -0.461 e. The highest BCUT2D eigenvalue weighted by Gasteiger charge is 2.26. The van der Waals surface area contributed by atoms with E-state index in [4.69, 9.17) is 4.42 Å². The van der Waals surface area contributed by atoms with Crippen molar-refractivity contribution in [3.8, 4) is 11.6 Å². The number of aromatic nitrogens is 3. The Bertz CT molecular complexity index is 748. The first-order valence-corrected chi connectivity index (χ1v) is 10.5. The van der Waals surface area contributed by atoms with Gasteiger partial charge in [0.1, 0.15) is 12.4 Å². The van der Waals surface area contributed by atoms with Crippen LogP contribution in [0.2, 0.25) is 0 Å². The van der Waals surface area contributed by atoms with E-state index in [0.29, 0.717) is 24.2 Å². The maximum Gasteiger partial charge on any atom is 0.216 e. The smallest absolute Gasteiger partial charge is 0.216 e. The van der Waals surface area contributed by atoms with Gasteiger partial charge in [-0.15, -0.1) is 5.10 Å². The molecule has 2 aliphatic rings. The molecule has 1 saturated heterocycles. The van der Waals surface area contributed by atoms with E-state index in [1.165, 1.54) is 45.2 Å². The summed E-state index contributed by atoms with van der Waals surface area (Å²) in [5.74, 6) is 3.69. The van der Waals surface area contributed by atoms with E-state index in [2.05, 4.69) is 42.6 Å². The molecule has 1 atom stereocenters. The summed E-state index contributed by atoms with van der Waals surface area (Å²) in [5.41, 5.74) is 0. The molecule has 8 heteroatoms. The van der Waals surface area contributed by atoms with Crippen molar-refractivity contribution < 1.29 is 4.42 Å². The van der Waals surface area contributed by atoms with E-state index >= 15 is 0 Å². The Morgan fingerprint density at radius 3 is 3.04 bits per heavy atom. The highest BCUT2D eigenvalue weighted by atomic mass is 16.3. The molecule has 1 aliphatic carbocycles. The van der Waals surface area contributed by atoms with Crippen LogP contribution in [0.4, 0.5) is 0 Å². The van der Waals surface area contributed by atoms with E-state index < -0.39 is 0 Å². The topological polar surface area (TPSA) is 94.4 Å². The van der Waals surface area contributed by atoms with Crippen molar-refractivity contribution in [2.24, 2.45) is 10.9 Å². The molecule has 2 fully saturated rings. The van der Waals surface area contributed by atoms with Crippen LogP contribution >= 0.6 is 0 Å². The van der Waals surface area contributed by atoms with Crippen LogP contribution in [-0.4, -0.2) is 58.3 Å². The molecule has 28 heavy (non-hydrogen) atoms. The number of H-pyrrole nitrogens is 1. The van der Waals surface area contributed by atoms with Crippen LogP contribution in [0, 0.1) is 5.92 Å².